The van der Waals surface area contributed by atoms with Gasteiger partial charge in [0.1, 0.15) is 5.69 Å². The number of methoxy groups -OCH3 is 1. The fourth-order valence-corrected chi connectivity index (χ4v) is 1.62. The maximum Gasteiger partial charge on any atom is 0.433 e. The standard InChI is InChI=1S/C13H9F3N2O2/c1-20-12(19)11-9(8-3-2-6-17-7-8)4-5-10(18-11)13(14,15)16/h2-7H,1H3. The van der Waals surface area contributed by atoms with Crippen molar-refractivity contribution >= 4 is 5.97 Å². The Labute approximate surface area is 112 Å². The molecule has 0 radical (unpaired) electrons. The molecular weight excluding hydrogens is 273 g/mol. The summed E-state index contributed by atoms with van der Waals surface area (Å²) in [6.45, 7) is 0. The molecular formula is C13H9F3N2O2. The predicted octanol–water partition coefficient (Wildman–Crippen LogP) is 2.95. The lowest BCUT2D eigenvalue weighted by molar-refractivity contribution is -0.141. The number of halogens is 3. The van der Waals surface area contributed by atoms with Crippen molar-refractivity contribution in [3.05, 3.63) is 48.0 Å². The number of rotatable bonds is 2. The third-order valence-electron chi connectivity index (χ3n) is 2.54. The van der Waals surface area contributed by atoms with Crippen molar-refractivity contribution in [2.75, 3.05) is 7.11 Å². The van der Waals surface area contributed by atoms with Gasteiger partial charge < -0.3 is 4.74 Å². The lowest BCUT2D eigenvalue weighted by atomic mass is 10.1. The van der Waals surface area contributed by atoms with Crippen LogP contribution in [0.15, 0.2) is 36.7 Å². The van der Waals surface area contributed by atoms with E-state index in [2.05, 4.69) is 14.7 Å². The summed E-state index contributed by atoms with van der Waals surface area (Å²) in [7, 11) is 1.08. The van der Waals surface area contributed by atoms with Gasteiger partial charge >= 0.3 is 12.1 Å². The van der Waals surface area contributed by atoms with Gasteiger partial charge in [-0.25, -0.2) is 9.78 Å². The minimum absolute atomic E-state index is 0.234. The Morgan fingerprint density at radius 2 is 2.00 bits per heavy atom. The molecule has 0 spiro atoms. The van der Waals surface area contributed by atoms with E-state index in [1.54, 1.807) is 12.1 Å². The maximum atomic E-state index is 12.6. The minimum atomic E-state index is -4.63. The zero-order valence-electron chi connectivity index (χ0n) is 10.3. The molecule has 2 aromatic rings. The van der Waals surface area contributed by atoms with Crippen LogP contribution in [0.25, 0.3) is 11.1 Å². The van der Waals surface area contributed by atoms with Crippen LogP contribution in [0.1, 0.15) is 16.2 Å². The first-order chi connectivity index (χ1) is 9.43. The van der Waals surface area contributed by atoms with Crippen molar-refractivity contribution in [3.8, 4) is 11.1 Å². The average molecular weight is 282 g/mol. The van der Waals surface area contributed by atoms with Gasteiger partial charge in [-0.05, 0) is 18.2 Å². The van der Waals surface area contributed by atoms with Gasteiger partial charge in [0, 0.05) is 23.5 Å². The zero-order valence-corrected chi connectivity index (χ0v) is 10.3. The number of carbonyl (C=O) groups excluding carboxylic acids is 1. The molecule has 0 bridgehead atoms. The maximum absolute atomic E-state index is 12.6. The SMILES string of the molecule is COC(=O)c1nc(C(F)(F)F)ccc1-c1cccnc1. The van der Waals surface area contributed by atoms with Crippen molar-refractivity contribution in [1.82, 2.24) is 9.97 Å². The van der Waals surface area contributed by atoms with Crippen LogP contribution in [0.3, 0.4) is 0 Å². The molecule has 0 amide bonds. The molecule has 0 saturated carbocycles. The summed E-state index contributed by atoms with van der Waals surface area (Å²) in [5, 5.41) is 0. The van der Waals surface area contributed by atoms with Gasteiger partial charge in [-0.2, -0.15) is 13.2 Å². The third-order valence-corrected chi connectivity index (χ3v) is 2.54. The Bertz CT molecular complexity index is 627. The second kappa shape index (κ2) is 5.28. The van der Waals surface area contributed by atoms with Gasteiger partial charge in [0.05, 0.1) is 7.11 Å². The summed E-state index contributed by atoms with van der Waals surface area (Å²) < 4.78 is 42.4. The highest BCUT2D eigenvalue weighted by molar-refractivity contribution is 5.95. The molecule has 0 aliphatic carbocycles. The van der Waals surface area contributed by atoms with Crippen LogP contribution in [0.5, 0.6) is 0 Å². The highest BCUT2D eigenvalue weighted by Crippen LogP contribution is 2.31. The van der Waals surface area contributed by atoms with E-state index in [0.29, 0.717) is 5.56 Å². The van der Waals surface area contributed by atoms with Crippen LogP contribution >= 0.6 is 0 Å². The number of nitrogens with zero attached hydrogens (tertiary/aromatic N) is 2. The Morgan fingerprint density at radius 1 is 1.25 bits per heavy atom. The van der Waals surface area contributed by atoms with E-state index in [0.717, 1.165) is 13.2 Å². The Hall–Kier alpha value is -2.44. The molecule has 0 saturated heterocycles. The minimum Gasteiger partial charge on any atom is -0.464 e. The number of hydrogen-bond donors (Lipinski definition) is 0. The molecule has 7 heteroatoms. The fraction of sp³-hybridized carbons (Fsp3) is 0.154. The number of hydrogen-bond acceptors (Lipinski definition) is 4. The smallest absolute Gasteiger partial charge is 0.433 e. The third kappa shape index (κ3) is 2.76. The first-order valence-electron chi connectivity index (χ1n) is 5.50. The lowest BCUT2D eigenvalue weighted by Gasteiger charge is -2.11. The summed E-state index contributed by atoms with van der Waals surface area (Å²) >= 11 is 0. The molecule has 104 valence electrons. The van der Waals surface area contributed by atoms with Crippen molar-refractivity contribution in [2.24, 2.45) is 0 Å². The van der Waals surface area contributed by atoms with E-state index < -0.39 is 23.5 Å². The Morgan fingerprint density at radius 3 is 2.55 bits per heavy atom. The number of pyridine rings is 2. The van der Waals surface area contributed by atoms with Gasteiger partial charge in [-0.3, -0.25) is 4.98 Å². The molecule has 4 nitrogen and oxygen atoms in total. The molecule has 0 fully saturated rings. The number of carbonyl (C=O) groups is 1. The van der Waals surface area contributed by atoms with Crippen molar-refractivity contribution in [3.63, 3.8) is 0 Å². The molecule has 0 aliphatic heterocycles. The number of esters is 1. The quantitative estimate of drug-likeness (QED) is 0.795. The molecule has 0 atom stereocenters. The van der Waals surface area contributed by atoms with E-state index in [9.17, 15) is 18.0 Å². The van der Waals surface area contributed by atoms with E-state index >= 15 is 0 Å². The topological polar surface area (TPSA) is 52.1 Å². The number of alkyl halides is 3. The van der Waals surface area contributed by atoms with Crippen LogP contribution in [0.2, 0.25) is 0 Å². The highest BCUT2D eigenvalue weighted by Gasteiger charge is 2.34. The van der Waals surface area contributed by atoms with Gasteiger partial charge in [0.25, 0.3) is 0 Å². The van der Waals surface area contributed by atoms with Gasteiger partial charge in [-0.1, -0.05) is 6.07 Å². The fourth-order valence-electron chi connectivity index (χ4n) is 1.62. The van der Waals surface area contributed by atoms with Crippen LogP contribution in [-0.2, 0) is 10.9 Å². The summed E-state index contributed by atoms with van der Waals surface area (Å²) in [6, 6.07) is 5.21. The molecule has 0 aromatic carbocycles. The predicted molar refractivity (Wildman–Crippen MR) is 63.8 cm³/mol. The van der Waals surface area contributed by atoms with E-state index in [4.69, 9.17) is 0 Å². The molecule has 0 N–H and O–H groups in total. The van der Waals surface area contributed by atoms with E-state index in [1.807, 2.05) is 0 Å². The van der Waals surface area contributed by atoms with Crippen LogP contribution in [-0.4, -0.2) is 23.0 Å². The van der Waals surface area contributed by atoms with Crippen molar-refractivity contribution in [2.45, 2.75) is 6.18 Å². The van der Waals surface area contributed by atoms with E-state index in [1.165, 1.54) is 18.5 Å². The normalized spacial score (nSPS) is 11.2. The highest BCUT2D eigenvalue weighted by atomic mass is 19.4. The van der Waals surface area contributed by atoms with Crippen LogP contribution in [0.4, 0.5) is 13.2 Å². The molecule has 2 heterocycles. The van der Waals surface area contributed by atoms with Gasteiger partial charge in [-0.15, -0.1) is 0 Å². The first kappa shape index (κ1) is 14.0. The monoisotopic (exact) mass is 282 g/mol. The lowest BCUT2D eigenvalue weighted by Crippen LogP contribution is -2.14. The molecule has 0 unspecified atom stereocenters. The summed E-state index contributed by atoms with van der Waals surface area (Å²) in [4.78, 5) is 18.8. The zero-order chi connectivity index (χ0) is 14.8. The van der Waals surface area contributed by atoms with Gasteiger partial charge in [0.2, 0.25) is 0 Å². The van der Waals surface area contributed by atoms with Crippen molar-refractivity contribution < 1.29 is 22.7 Å². The summed E-state index contributed by atoms with van der Waals surface area (Å²) in [6.07, 6.45) is -1.69. The Kier molecular flexibility index (Phi) is 3.69. The molecule has 2 rings (SSSR count). The number of aromatic nitrogens is 2. The molecule has 2 aromatic heterocycles. The van der Waals surface area contributed by atoms with Gasteiger partial charge in [0.15, 0.2) is 5.69 Å². The average Bonchev–Trinajstić information content (AvgIpc) is 2.45. The summed E-state index contributed by atoms with van der Waals surface area (Å²) in [5.74, 6) is -0.935. The molecule has 20 heavy (non-hydrogen) atoms. The largest absolute Gasteiger partial charge is 0.464 e. The first-order valence-corrected chi connectivity index (χ1v) is 5.50. The van der Waals surface area contributed by atoms with Crippen LogP contribution in [0, 0.1) is 0 Å². The van der Waals surface area contributed by atoms with Crippen molar-refractivity contribution in [1.29, 1.82) is 0 Å². The van der Waals surface area contributed by atoms with Crippen LogP contribution < -0.4 is 0 Å². The number of ether oxygens (including phenoxy) is 1. The van der Waals surface area contributed by atoms with E-state index in [-0.39, 0.29) is 5.56 Å². The summed E-state index contributed by atoms with van der Waals surface area (Å²) in [5.41, 5.74) is -0.826. The second-order valence-electron chi connectivity index (χ2n) is 3.82. The Balaban J connectivity index is 2.61. The molecule has 0 aliphatic rings. The second-order valence-corrected chi connectivity index (χ2v) is 3.82.